The van der Waals surface area contributed by atoms with Crippen molar-refractivity contribution in [2.45, 2.75) is 20.3 Å². The number of benzene rings is 2. The van der Waals surface area contributed by atoms with Crippen molar-refractivity contribution in [2.24, 2.45) is 0 Å². The average Bonchev–Trinajstić information content (AvgIpc) is 3.57. The summed E-state index contributed by atoms with van der Waals surface area (Å²) in [4.78, 5) is 21.4. The van der Waals surface area contributed by atoms with Gasteiger partial charge < -0.3 is 15.4 Å². The van der Waals surface area contributed by atoms with Crippen LogP contribution in [0.1, 0.15) is 25.1 Å². The minimum absolute atomic E-state index is 0.00203. The average molecular weight is 457 g/mol. The predicted molar refractivity (Wildman–Crippen MR) is 133 cm³/mol. The first-order chi connectivity index (χ1) is 16.5. The van der Waals surface area contributed by atoms with E-state index in [1.807, 2.05) is 18.3 Å². The molecule has 0 saturated carbocycles. The Bertz CT molecular complexity index is 1380. The molecule has 4 aromatic rings. The number of aryl methyl sites for hydroxylation is 1. The molecular formula is C26H28N6O2. The van der Waals surface area contributed by atoms with Crippen LogP contribution >= 0.6 is 0 Å². The van der Waals surface area contributed by atoms with Crippen molar-refractivity contribution in [3.63, 3.8) is 0 Å². The molecule has 0 spiro atoms. The van der Waals surface area contributed by atoms with Crippen LogP contribution in [-0.4, -0.2) is 62.3 Å². The Kier molecular flexibility index (Phi) is 5.90. The number of phenolic OH excluding ortho intramolecular Hbond substituents is 1. The van der Waals surface area contributed by atoms with Crippen molar-refractivity contribution < 1.29 is 9.90 Å². The second-order valence-electron chi connectivity index (χ2n) is 8.62. The molecule has 5 rings (SSSR count). The molecule has 2 aromatic carbocycles. The largest absolute Gasteiger partial charge is 0.508 e. The first-order valence-electron chi connectivity index (χ1n) is 11.5. The number of aromatic amines is 2. The number of nitrogens with one attached hydrogen (secondary N) is 3. The predicted octanol–water partition coefficient (Wildman–Crippen LogP) is 3.72. The van der Waals surface area contributed by atoms with Gasteiger partial charge in [0.15, 0.2) is 5.82 Å². The van der Waals surface area contributed by atoms with Gasteiger partial charge in [0.2, 0.25) is 5.91 Å². The normalized spacial score (nSPS) is 14.0. The lowest BCUT2D eigenvalue weighted by molar-refractivity contribution is -0.119. The Morgan fingerprint density at radius 2 is 2.12 bits per heavy atom. The van der Waals surface area contributed by atoms with Gasteiger partial charge in [0.1, 0.15) is 11.4 Å². The fourth-order valence-electron chi connectivity index (χ4n) is 4.49. The molecule has 0 bridgehead atoms. The molecule has 174 valence electrons. The van der Waals surface area contributed by atoms with E-state index in [4.69, 9.17) is 0 Å². The highest BCUT2D eigenvalue weighted by Crippen LogP contribution is 2.32. The first kappa shape index (κ1) is 21.9. The zero-order valence-corrected chi connectivity index (χ0v) is 19.4. The molecule has 0 aliphatic carbocycles. The summed E-state index contributed by atoms with van der Waals surface area (Å²) >= 11 is 0. The number of imidazole rings is 1. The minimum atomic E-state index is -0.00203. The molecule has 1 aliphatic rings. The zero-order valence-electron chi connectivity index (χ0n) is 19.4. The quantitative estimate of drug-likeness (QED) is 0.339. The Morgan fingerprint density at radius 3 is 2.94 bits per heavy atom. The van der Waals surface area contributed by atoms with E-state index in [0.29, 0.717) is 6.54 Å². The van der Waals surface area contributed by atoms with Gasteiger partial charge >= 0.3 is 0 Å². The van der Waals surface area contributed by atoms with Crippen LogP contribution < -0.4 is 5.32 Å². The summed E-state index contributed by atoms with van der Waals surface area (Å²) in [5.74, 6) is 1.01. The Balaban J connectivity index is 1.35. The van der Waals surface area contributed by atoms with E-state index < -0.39 is 0 Å². The Labute approximate surface area is 197 Å². The highest BCUT2D eigenvalue weighted by Gasteiger charge is 2.19. The highest BCUT2D eigenvalue weighted by molar-refractivity contribution is 5.94. The zero-order chi connectivity index (χ0) is 23.7. The van der Waals surface area contributed by atoms with Gasteiger partial charge in [-0.1, -0.05) is 25.1 Å². The van der Waals surface area contributed by atoms with Crippen LogP contribution in [0.3, 0.4) is 0 Å². The third kappa shape index (κ3) is 4.32. The van der Waals surface area contributed by atoms with Crippen molar-refractivity contribution in [1.29, 1.82) is 0 Å². The monoisotopic (exact) mass is 456 g/mol. The molecule has 0 atom stereocenters. The van der Waals surface area contributed by atoms with E-state index in [0.717, 1.165) is 70.9 Å². The molecule has 0 saturated heterocycles. The van der Waals surface area contributed by atoms with Gasteiger partial charge in [0.25, 0.3) is 0 Å². The third-order valence-corrected chi connectivity index (χ3v) is 6.28. The second kappa shape index (κ2) is 9.15. The summed E-state index contributed by atoms with van der Waals surface area (Å²) in [6.45, 7) is 6.76. The van der Waals surface area contributed by atoms with Crippen LogP contribution in [0.2, 0.25) is 0 Å². The summed E-state index contributed by atoms with van der Waals surface area (Å²) < 4.78 is 0. The van der Waals surface area contributed by atoms with E-state index in [1.54, 1.807) is 6.07 Å². The maximum Gasteiger partial charge on any atom is 0.216 e. The molecule has 0 fully saturated rings. The number of fused-ring (bicyclic) bond motifs is 1. The van der Waals surface area contributed by atoms with Crippen LogP contribution in [0.5, 0.6) is 5.75 Å². The molecule has 0 unspecified atom stereocenters. The van der Waals surface area contributed by atoms with Crippen LogP contribution in [0.15, 0.2) is 48.7 Å². The Morgan fingerprint density at radius 1 is 1.24 bits per heavy atom. The van der Waals surface area contributed by atoms with Crippen molar-refractivity contribution in [3.8, 4) is 28.4 Å². The molecule has 1 amide bonds. The summed E-state index contributed by atoms with van der Waals surface area (Å²) in [6.07, 6.45) is 4.89. The second-order valence-corrected chi connectivity index (χ2v) is 8.62. The van der Waals surface area contributed by atoms with Gasteiger partial charge in [-0.3, -0.25) is 14.8 Å². The van der Waals surface area contributed by atoms with Gasteiger partial charge in [-0.2, -0.15) is 5.10 Å². The van der Waals surface area contributed by atoms with Crippen molar-refractivity contribution in [3.05, 3.63) is 59.9 Å². The lowest BCUT2D eigenvalue weighted by atomic mass is 9.97. The minimum Gasteiger partial charge on any atom is -0.508 e. The molecule has 0 radical (unpaired) electrons. The summed E-state index contributed by atoms with van der Waals surface area (Å²) in [5.41, 5.74) is 7.19. The van der Waals surface area contributed by atoms with E-state index in [9.17, 15) is 9.90 Å². The smallest absolute Gasteiger partial charge is 0.216 e. The SMILES string of the molecule is CCc1cc(O)ccc1-c1ccc2c(-c3ncc(C4=CCN(CCNC(C)=O)C4)[nH]3)n[nH]c2c1. The number of carbonyl (C=O) groups is 1. The van der Waals surface area contributed by atoms with Gasteiger partial charge in [-0.15, -0.1) is 0 Å². The molecule has 8 nitrogen and oxygen atoms in total. The molecule has 2 aromatic heterocycles. The molecule has 1 aliphatic heterocycles. The first-order valence-corrected chi connectivity index (χ1v) is 11.5. The standard InChI is InChI=1S/C26H28N6O2/c1-3-17-12-20(34)5-7-21(17)18-4-6-22-23(13-18)30-31-25(22)26-28-14-24(29-26)19-8-10-32(15-19)11-9-27-16(2)33/h4-8,12-14,34H,3,9-11,15H2,1-2H3,(H,27,33)(H,28,29)(H,30,31). The number of nitrogens with zero attached hydrogens (tertiary/aromatic N) is 3. The molecule has 3 heterocycles. The van der Waals surface area contributed by atoms with E-state index in [1.165, 1.54) is 12.5 Å². The fraction of sp³-hybridized carbons (Fsp3) is 0.269. The number of phenols is 1. The lowest BCUT2D eigenvalue weighted by Crippen LogP contribution is -2.32. The Hall–Kier alpha value is -3.91. The van der Waals surface area contributed by atoms with Crippen LogP contribution in [-0.2, 0) is 11.2 Å². The number of aromatic hydroxyl groups is 1. The number of carbonyl (C=O) groups excluding carboxylic acids is 1. The van der Waals surface area contributed by atoms with Gasteiger partial charge in [0, 0.05) is 38.5 Å². The number of amides is 1. The van der Waals surface area contributed by atoms with Crippen LogP contribution in [0, 0.1) is 0 Å². The van der Waals surface area contributed by atoms with Crippen LogP contribution in [0.25, 0.3) is 39.1 Å². The molecule has 8 heteroatoms. The van der Waals surface area contributed by atoms with Crippen molar-refractivity contribution in [1.82, 2.24) is 30.4 Å². The van der Waals surface area contributed by atoms with E-state index >= 15 is 0 Å². The summed E-state index contributed by atoms with van der Waals surface area (Å²) in [5, 5.41) is 21.4. The van der Waals surface area contributed by atoms with Gasteiger partial charge in [-0.05, 0) is 52.9 Å². The van der Waals surface area contributed by atoms with E-state index in [2.05, 4.69) is 61.6 Å². The van der Waals surface area contributed by atoms with Crippen molar-refractivity contribution in [2.75, 3.05) is 26.2 Å². The number of rotatable bonds is 7. The maximum absolute atomic E-state index is 11.1. The van der Waals surface area contributed by atoms with Gasteiger partial charge in [0.05, 0.1) is 17.4 Å². The number of hydrogen-bond donors (Lipinski definition) is 4. The molecule has 34 heavy (non-hydrogen) atoms. The van der Waals surface area contributed by atoms with Crippen molar-refractivity contribution >= 4 is 22.4 Å². The topological polar surface area (TPSA) is 110 Å². The third-order valence-electron chi connectivity index (χ3n) is 6.28. The molecular weight excluding hydrogens is 428 g/mol. The number of H-pyrrole nitrogens is 2. The number of hydrogen-bond acceptors (Lipinski definition) is 5. The lowest BCUT2D eigenvalue weighted by Gasteiger charge is -2.15. The highest BCUT2D eigenvalue weighted by atomic mass is 16.3. The summed E-state index contributed by atoms with van der Waals surface area (Å²) in [7, 11) is 0. The fourth-order valence-corrected chi connectivity index (χ4v) is 4.49. The van der Waals surface area contributed by atoms with Crippen LogP contribution in [0.4, 0.5) is 0 Å². The van der Waals surface area contributed by atoms with E-state index in [-0.39, 0.29) is 11.7 Å². The van der Waals surface area contributed by atoms with Gasteiger partial charge in [-0.25, -0.2) is 4.98 Å². The summed E-state index contributed by atoms with van der Waals surface area (Å²) in [6, 6.07) is 11.7. The number of aromatic nitrogens is 4. The molecule has 4 N–H and O–H groups in total. The maximum atomic E-state index is 11.1.